The largest absolute Gasteiger partial charge is 0.319 e. The van der Waals surface area contributed by atoms with Crippen LogP contribution in [0.25, 0.3) is 0 Å². The number of rotatable bonds is 4. The zero-order valence-electron chi connectivity index (χ0n) is 6.92. The summed E-state index contributed by atoms with van der Waals surface area (Å²) in [7, 11) is 0. The van der Waals surface area contributed by atoms with Crippen LogP contribution in [0.2, 0.25) is 0 Å². The van der Waals surface area contributed by atoms with Gasteiger partial charge in [0.1, 0.15) is 0 Å². The molecule has 0 aromatic rings. The molecule has 9 heteroatoms. The van der Waals surface area contributed by atoms with Crippen molar-refractivity contribution in [3.8, 4) is 0 Å². The molecular weight excluding hydrogens is 295 g/mol. The summed E-state index contributed by atoms with van der Waals surface area (Å²) in [6.07, 6.45) is 1.12. The van der Waals surface area contributed by atoms with Crippen LogP contribution in [0.3, 0.4) is 0 Å². The maximum atomic E-state index is 11.6. The van der Waals surface area contributed by atoms with E-state index < -0.39 is 16.3 Å². The van der Waals surface area contributed by atoms with Gasteiger partial charge in [0.05, 0.1) is 6.61 Å². The molecule has 4 nitrogen and oxygen atoms in total. The number of isocyanates is 1. The Hall–Kier alpha value is 0.730. The first-order chi connectivity index (χ1) is 6.25. The van der Waals surface area contributed by atoms with Crippen molar-refractivity contribution in [3.63, 3.8) is 0 Å². The van der Waals surface area contributed by atoms with Crippen molar-refractivity contribution < 1.29 is 13.9 Å². The molecule has 2 atom stereocenters. The van der Waals surface area contributed by atoms with E-state index in [0.717, 1.165) is 6.08 Å². The molecule has 0 aromatic heterocycles. The first kappa shape index (κ1) is 14.7. The molecule has 0 saturated carbocycles. The number of carbonyl (C=O) groups excluding carboxylic acids is 1. The van der Waals surface area contributed by atoms with Crippen LogP contribution in [0.5, 0.6) is 0 Å². The first-order valence-electron chi connectivity index (χ1n) is 3.33. The van der Waals surface area contributed by atoms with Gasteiger partial charge in [0.2, 0.25) is 9.87 Å². The van der Waals surface area contributed by atoms with Crippen molar-refractivity contribution in [2.75, 3.05) is 6.61 Å². The fourth-order valence-electron chi connectivity index (χ4n) is 0.614. The molecule has 0 bridgehead atoms. The SMILES string of the molecule is CCOP(=O)(Cl)C(N=C=O)C(Cl)(Cl)Cl. The van der Waals surface area contributed by atoms with Gasteiger partial charge < -0.3 is 4.52 Å². The van der Waals surface area contributed by atoms with Crippen molar-refractivity contribution in [2.24, 2.45) is 4.99 Å². The van der Waals surface area contributed by atoms with Gasteiger partial charge in [0, 0.05) is 0 Å². The third-order valence-corrected chi connectivity index (χ3v) is 4.69. The average molecular weight is 301 g/mol. The van der Waals surface area contributed by atoms with Gasteiger partial charge in [-0.15, -0.1) is 0 Å². The molecule has 0 spiro atoms. The molecule has 0 rings (SSSR count). The highest BCUT2D eigenvalue weighted by Gasteiger charge is 2.47. The van der Waals surface area contributed by atoms with Crippen LogP contribution in [0.1, 0.15) is 6.92 Å². The van der Waals surface area contributed by atoms with E-state index in [1.807, 2.05) is 0 Å². The van der Waals surface area contributed by atoms with Crippen LogP contribution < -0.4 is 0 Å². The monoisotopic (exact) mass is 299 g/mol. The van der Waals surface area contributed by atoms with Crippen LogP contribution in [0, 0.1) is 0 Å². The Morgan fingerprint density at radius 1 is 1.57 bits per heavy atom. The zero-order chi connectivity index (χ0) is 11.4. The van der Waals surface area contributed by atoms with Gasteiger partial charge in [-0.1, -0.05) is 34.8 Å². The maximum Gasteiger partial charge on any atom is 0.319 e. The lowest BCUT2D eigenvalue weighted by molar-refractivity contribution is 0.338. The quantitative estimate of drug-likeness (QED) is 0.346. The van der Waals surface area contributed by atoms with Crippen LogP contribution in [0.4, 0.5) is 0 Å². The molecule has 0 aliphatic rings. The summed E-state index contributed by atoms with van der Waals surface area (Å²) < 4.78 is 14.2. The third-order valence-electron chi connectivity index (χ3n) is 1.07. The van der Waals surface area contributed by atoms with E-state index in [2.05, 4.69) is 9.52 Å². The number of aliphatic imine (C=N–C) groups is 1. The van der Waals surface area contributed by atoms with Gasteiger partial charge in [-0.2, -0.15) is 4.99 Å². The molecule has 14 heavy (non-hydrogen) atoms. The predicted molar refractivity (Wildman–Crippen MR) is 57.3 cm³/mol. The highest BCUT2D eigenvalue weighted by Crippen LogP contribution is 2.63. The van der Waals surface area contributed by atoms with Gasteiger partial charge in [-0.05, 0) is 18.2 Å². The second-order valence-electron chi connectivity index (χ2n) is 2.07. The lowest BCUT2D eigenvalue weighted by Crippen LogP contribution is -2.22. The number of alkyl halides is 3. The van der Waals surface area contributed by atoms with E-state index >= 15 is 0 Å². The summed E-state index contributed by atoms with van der Waals surface area (Å²) in [6, 6.07) is 0. The smallest absolute Gasteiger partial charge is 0.316 e. The minimum absolute atomic E-state index is 0.0480. The minimum atomic E-state index is -3.79. The summed E-state index contributed by atoms with van der Waals surface area (Å²) in [5, 5.41) is 0. The van der Waals surface area contributed by atoms with Crippen molar-refractivity contribution in [3.05, 3.63) is 0 Å². The molecule has 0 saturated heterocycles. The maximum absolute atomic E-state index is 11.6. The van der Waals surface area contributed by atoms with Crippen molar-refractivity contribution in [2.45, 2.75) is 16.5 Å². The predicted octanol–water partition coefficient (Wildman–Crippen LogP) is 3.49. The fraction of sp³-hybridized carbons (Fsp3) is 0.800. The molecule has 0 amide bonds. The number of halogens is 4. The fourth-order valence-corrected chi connectivity index (χ4v) is 4.26. The van der Waals surface area contributed by atoms with Gasteiger partial charge in [0.15, 0.2) is 5.78 Å². The Labute approximate surface area is 101 Å². The summed E-state index contributed by atoms with van der Waals surface area (Å²) in [4.78, 5) is 13.1. The van der Waals surface area contributed by atoms with Gasteiger partial charge >= 0.3 is 6.72 Å². The Kier molecular flexibility index (Phi) is 6.01. The molecule has 2 unspecified atom stereocenters. The Morgan fingerprint density at radius 3 is 2.36 bits per heavy atom. The molecule has 0 radical (unpaired) electrons. The summed E-state index contributed by atoms with van der Waals surface area (Å²) in [5.74, 6) is -1.56. The Balaban J connectivity index is 5.02. The summed E-state index contributed by atoms with van der Waals surface area (Å²) in [5.41, 5.74) is 0. The average Bonchev–Trinajstić information content (AvgIpc) is 1.97. The van der Waals surface area contributed by atoms with E-state index in [1.165, 1.54) is 0 Å². The van der Waals surface area contributed by atoms with Gasteiger partial charge in [0.25, 0.3) is 0 Å². The molecule has 0 aliphatic heterocycles. The van der Waals surface area contributed by atoms with Crippen molar-refractivity contribution >= 4 is 58.8 Å². The molecule has 0 fully saturated rings. The van der Waals surface area contributed by atoms with Gasteiger partial charge in [-0.3, -0.25) is 4.57 Å². The zero-order valence-corrected chi connectivity index (χ0v) is 10.8. The lowest BCUT2D eigenvalue weighted by atomic mass is 10.7. The lowest BCUT2D eigenvalue weighted by Gasteiger charge is -2.22. The topological polar surface area (TPSA) is 55.7 Å². The Bertz CT molecular complexity index is 285. The minimum Gasteiger partial charge on any atom is -0.316 e. The van der Waals surface area contributed by atoms with E-state index in [4.69, 9.17) is 46.0 Å². The van der Waals surface area contributed by atoms with E-state index in [-0.39, 0.29) is 6.61 Å². The highest BCUT2D eigenvalue weighted by molar-refractivity contribution is 7.86. The number of hydrogen-bond donors (Lipinski definition) is 0. The molecule has 0 N–H and O–H groups in total. The first-order valence-corrected chi connectivity index (χ1v) is 7.06. The van der Waals surface area contributed by atoms with Gasteiger partial charge in [-0.25, -0.2) is 4.79 Å². The van der Waals surface area contributed by atoms with Crippen LogP contribution in [0.15, 0.2) is 4.99 Å². The molecule has 82 valence electrons. The number of nitrogens with zero attached hydrogens (tertiary/aromatic N) is 1. The molecule has 0 aromatic carbocycles. The van der Waals surface area contributed by atoms with Crippen LogP contribution >= 0.6 is 52.8 Å². The second kappa shape index (κ2) is 5.72. The van der Waals surface area contributed by atoms with E-state index in [9.17, 15) is 9.36 Å². The Morgan fingerprint density at radius 2 is 2.07 bits per heavy atom. The molecule has 0 aliphatic carbocycles. The third kappa shape index (κ3) is 4.50. The summed E-state index contributed by atoms with van der Waals surface area (Å²) in [6.45, 7) is -2.19. The number of hydrogen-bond acceptors (Lipinski definition) is 4. The molecular formula is C5H6Cl4NO3P. The second-order valence-corrected chi connectivity index (χ2v) is 7.65. The van der Waals surface area contributed by atoms with Crippen LogP contribution in [-0.2, 0) is 13.9 Å². The standard InChI is InChI=1S/C5H6Cl4NO3P/c1-2-13-14(9,12)4(10-3-11)5(6,7)8/h4H,2H2,1H3. The normalized spacial score (nSPS) is 18.1. The summed E-state index contributed by atoms with van der Waals surface area (Å²) >= 11 is 21.7. The highest BCUT2D eigenvalue weighted by atomic mass is 35.7. The molecule has 0 heterocycles. The van der Waals surface area contributed by atoms with E-state index in [0.29, 0.717) is 0 Å². The van der Waals surface area contributed by atoms with E-state index in [1.54, 1.807) is 6.92 Å². The van der Waals surface area contributed by atoms with Crippen LogP contribution in [-0.4, -0.2) is 22.3 Å². The van der Waals surface area contributed by atoms with Crippen molar-refractivity contribution in [1.29, 1.82) is 0 Å². The van der Waals surface area contributed by atoms with Crippen molar-refractivity contribution in [1.82, 2.24) is 0 Å².